The zero-order chi connectivity index (χ0) is 11.6. The first-order valence-electron chi connectivity index (χ1n) is 5.58. The lowest BCUT2D eigenvalue weighted by Gasteiger charge is -2.36. The van der Waals surface area contributed by atoms with Crippen LogP contribution in [0.3, 0.4) is 0 Å². The molecule has 0 aromatic heterocycles. The van der Waals surface area contributed by atoms with E-state index >= 15 is 0 Å². The molecule has 0 spiro atoms. The number of likely N-dealkylation sites (tertiary alicyclic amines) is 1. The molecule has 0 aromatic rings. The van der Waals surface area contributed by atoms with E-state index in [-0.39, 0.29) is 12.0 Å². The van der Waals surface area contributed by atoms with Gasteiger partial charge in [-0.3, -0.25) is 4.79 Å². The number of hydrogen-bond acceptors (Lipinski definition) is 3. The number of amides is 1. The third-order valence-electron chi connectivity index (χ3n) is 3.06. The van der Waals surface area contributed by atoms with Gasteiger partial charge in [-0.25, -0.2) is 0 Å². The van der Waals surface area contributed by atoms with E-state index in [1.54, 1.807) is 18.7 Å². The lowest BCUT2D eigenvalue weighted by molar-refractivity contribution is -0.137. The maximum absolute atomic E-state index is 11.8. The Kier molecular flexibility index (Phi) is 3.73. The first-order chi connectivity index (χ1) is 6.82. The minimum atomic E-state index is -0.780. The zero-order valence-electron chi connectivity index (χ0n) is 9.86. The van der Waals surface area contributed by atoms with Crippen molar-refractivity contribution in [2.45, 2.75) is 45.3 Å². The number of hydrogen-bond donors (Lipinski definition) is 2. The van der Waals surface area contributed by atoms with Crippen molar-refractivity contribution in [2.75, 3.05) is 13.1 Å². The number of nitrogens with zero attached hydrogens (tertiary/aromatic N) is 1. The Bertz CT molecular complexity index is 225. The molecule has 15 heavy (non-hydrogen) atoms. The topological polar surface area (TPSA) is 66.6 Å². The van der Waals surface area contributed by atoms with Crippen LogP contribution in [-0.2, 0) is 4.79 Å². The Morgan fingerprint density at radius 3 is 2.27 bits per heavy atom. The minimum absolute atomic E-state index is 0.00606. The molecule has 1 atom stereocenters. The molecular weight excluding hydrogens is 192 g/mol. The Morgan fingerprint density at radius 1 is 1.47 bits per heavy atom. The quantitative estimate of drug-likeness (QED) is 0.696. The average Bonchev–Trinajstić information content (AvgIpc) is 2.15. The summed E-state index contributed by atoms with van der Waals surface area (Å²) in [6, 6.07) is 0. The van der Waals surface area contributed by atoms with Gasteiger partial charge in [-0.05, 0) is 39.5 Å². The second-order valence-electron chi connectivity index (χ2n) is 5.09. The summed E-state index contributed by atoms with van der Waals surface area (Å²) in [5, 5.41) is 9.43. The van der Waals surface area contributed by atoms with Gasteiger partial charge >= 0.3 is 0 Å². The van der Waals surface area contributed by atoms with Crippen molar-refractivity contribution in [3.8, 4) is 0 Å². The SMILES string of the molecule is CC(O)C1CCN(C(=O)C(C)(C)N)CC1. The largest absolute Gasteiger partial charge is 0.393 e. The molecule has 3 N–H and O–H groups in total. The molecule has 0 radical (unpaired) electrons. The van der Waals surface area contributed by atoms with Gasteiger partial charge in [0, 0.05) is 13.1 Å². The van der Waals surface area contributed by atoms with Crippen molar-refractivity contribution in [3.63, 3.8) is 0 Å². The highest BCUT2D eigenvalue weighted by molar-refractivity contribution is 5.85. The molecule has 1 fully saturated rings. The molecule has 88 valence electrons. The summed E-state index contributed by atoms with van der Waals surface area (Å²) in [6.07, 6.45) is 1.48. The van der Waals surface area contributed by atoms with Crippen LogP contribution in [0.25, 0.3) is 0 Å². The van der Waals surface area contributed by atoms with Crippen LogP contribution in [0.4, 0.5) is 0 Å². The molecule has 0 aromatic carbocycles. The van der Waals surface area contributed by atoms with Gasteiger partial charge in [0.2, 0.25) is 5.91 Å². The van der Waals surface area contributed by atoms with E-state index in [4.69, 9.17) is 5.73 Å². The standard InChI is InChI=1S/C11H22N2O2/c1-8(14)9-4-6-13(7-5-9)10(15)11(2,3)12/h8-9,14H,4-7,12H2,1-3H3. The van der Waals surface area contributed by atoms with Crippen LogP contribution in [0, 0.1) is 5.92 Å². The molecule has 1 amide bonds. The van der Waals surface area contributed by atoms with Crippen LogP contribution < -0.4 is 5.73 Å². The second kappa shape index (κ2) is 4.49. The average molecular weight is 214 g/mol. The fourth-order valence-electron chi connectivity index (χ4n) is 1.99. The number of rotatable bonds is 2. The number of piperidine rings is 1. The van der Waals surface area contributed by atoms with Gasteiger partial charge in [0.05, 0.1) is 11.6 Å². The summed E-state index contributed by atoms with van der Waals surface area (Å²) in [4.78, 5) is 13.6. The number of aliphatic hydroxyl groups excluding tert-OH is 1. The maximum Gasteiger partial charge on any atom is 0.242 e. The smallest absolute Gasteiger partial charge is 0.242 e. The monoisotopic (exact) mass is 214 g/mol. The molecule has 1 aliphatic heterocycles. The van der Waals surface area contributed by atoms with Gasteiger partial charge in [0.15, 0.2) is 0 Å². The summed E-state index contributed by atoms with van der Waals surface area (Å²) in [5.74, 6) is 0.335. The van der Waals surface area contributed by atoms with Gasteiger partial charge in [-0.15, -0.1) is 0 Å². The van der Waals surface area contributed by atoms with Crippen LogP contribution >= 0.6 is 0 Å². The molecule has 1 saturated heterocycles. The summed E-state index contributed by atoms with van der Waals surface area (Å²) >= 11 is 0. The Hall–Kier alpha value is -0.610. The van der Waals surface area contributed by atoms with Gasteiger partial charge in [-0.2, -0.15) is 0 Å². The van der Waals surface area contributed by atoms with Gasteiger partial charge in [0.1, 0.15) is 0 Å². The number of nitrogens with two attached hydrogens (primary N) is 1. The fourth-order valence-corrected chi connectivity index (χ4v) is 1.99. The van der Waals surface area contributed by atoms with Crippen molar-refractivity contribution in [2.24, 2.45) is 11.7 Å². The molecule has 1 unspecified atom stereocenters. The highest BCUT2D eigenvalue weighted by Crippen LogP contribution is 2.21. The van der Waals surface area contributed by atoms with Crippen LogP contribution in [0.2, 0.25) is 0 Å². The van der Waals surface area contributed by atoms with Crippen molar-refractivity contribution < 1.29 is 9.90 Å². The molecular formula is C11H22N2O2. The van der Waals surface area contributed by atoms with Crippen molar-refractivity contribution in [3.05, 3.63) is 0 Å². The molecule has 0 bridgehead atoms. The molecule has 4 nitrogen and oxygen atoms in total. The molecule has 1 heterocycles. The van der Waals surface area contributed by atoms with Crippen LogP contribution in [0.5, 0.6) is 0 Å². The predicted molar refractivity (Wildman–Crippen MR) is 59.3 cm³/mol. The number of aliphatic hydroxyl groups is 1. The van der Waals surface area contributed by atoms with Crippen molar-refractivity contribution in [1.82, 2.24) is 4.90 Å². The Morgan fingerprint density at radius 2 is 1.93 bits per heavy atom. The number of carbonyl (C=O) groups excluding carboxylic acids is 1. The van der Waals surface area contributed by atoms with E-state index in [1.165, 1.54) is 0 Å². The van der Waals surface area contributed by atoms with E-state index in [0.29, 0.717) is 5.92 Å². The normalized spacial score (nSPS) is 21.5. The summed E-state index contributed by atoms with van der Waals surface area (Å²) in [7, 11) is 0. The van der Waals surface area contributed by atoms with Crippen molar-refractivity contribution >= 4 is 5.91 Å². The third-order valence-corrected chi connectivity index (χ3v) is 3.06. The predicted octanol–water partition coefficient (Wildman–Crippen LogP) is 0.343. The van der Waals surface area contributed by atoms with E-state index in [2.05, 4.69) is 0 Å². The lowest BCUT2D eigenvalue weighted by Crippen LogP contribution is -2.53. The number of carbonyl (C=O) groups is 1. The molecule has 1 rings (SSSR count). The maximum atomic E-state index is 11.8. The minimum Gasteiger partial charge on any atom is -0.393 e. The van der Waals surface area contributed by atoms with Gasteiger partial charge < -0.3 is 15.7 Å². The van der Waals surface area contributed by atoms with Crippen molar-refractivity contribution in [1.29, 1.82) is 0 Å². The summed E-state index contributed by atoms with van der Waals surface area (Å²) in [6.45, 7) is 6.71. The Labute approximate surface area is 91.4 Å². The Balaban J connectivity index is 2.48. The van der Waals surface area contributed by atoms with E-state index < -0.39 is 5.54 Å². The highest BCUT2D eigenvalue weighted by Gasteiger charge is 2.31. The third kappa shape index (κ3) is 3.18. The van der Waals surface area contributed by atoms with E-state index in [9.17, 15) is 9.90 Å². The van der Waals surface area contributed by atoms with Gasteiger partial charge in [-0.1, -0.05) is 0 Å². The van der Waals surface area contributed by atoms with Crippen LogP contribution in [0.1, 0.15) is 33.6 Å². The lowest BCUT2D eigenvalue weighted by atomic mass is 9.91. The molecule has 1 aliphatic rings. The van der Waals surface area contributed by atoms with Crippen LogP contribution in [0.15, 0.2) is 0 Å². The highest BCUT2D eigenvalue weighted by atomic mass is 16.3. The first kappa shape index (κ1) is 12.5. The fraction of sp³-hybridized carbons (Fsp3) is 0.909. The molecule has 0 aliphatic carbocycles. The first-order valence-corrected chi connectivity index (χ1v) is 5.58. The second-order valence-corrected chi connectivity index (χ2v) is 5.09. The van der Waals surface area contributed by atoms with Crippen LogP contribution in [-0.4, -0.2) is 40.6 Å². The van der Waals surface area contributed by atoms with Gasteiger partial charge in [0.25, 0.3) is 0 Å². The van der Waals surface area contributed by atoms with E-state index in [0.717, 1.165) is 25.9 Å². The molecule has 4 heteroatoms. The summed E-state index contributed by atoms with van der Waals surface area (Å²) in [5.41, 5.74) is 4.98. The molecule has 0 saturated carbocycles. The summed E-state index contributed by atoms with van der Waals surface area (Å²) < 4.78 is 0. The van der Waals surface area contributed by atoms with E-state index in [1.807, 2.05) is 6.92 Å². The zero-order valence-corrected chi connectivity index (χ0v) is 9.86.